The molecule has 2 aromatic heterocycles. The lowest BCUT2D eigenvalue weighted by Gasteiger charge is -2.07. The Labute approximate surface area is 153 Å². The number of amides is 2. The second-order valence-corrected chi connectivity index (χ2v) is 6.49. The third-order valence-corrected chi connectivity index (χ3v) is 4.64. The summed E-state index contributed by atoms with van der Waals surface area (Å²) in [6.45, 7) is 0.578. The molecule has 0 saturated carbocycles. The molecule has 6 nitrogen and oxygen atoms in total. The van der Waals surface area contributed by atoms with Gasteiger partial charge in [-0.3, -0.25) is 14.7 Å². The molecule has 25 heavy (non-hydrogen) atoms. The Kier molecular flexibility index (Phi) is 5.47. The average molecular weight is 375 g/mol. The molecule has 2 heterocycles. The van der Waals surface area contributed by atoms with Gasteiger partial charge in [0, 0.05) is 13.1 Å². The molecule has 3 aromatic rings. The number of thiophene rings is 1. The van der Waals surface area contributed by atoms with Crippen LogP contribution in [-0.2, 0) is 0 Å². The highest BCUT2D eigenvalue weighted by Gasteiger charge is 2.12. The van der Waals surface area contributed by atoms with Gasteiger partial charge in [0.1, 0.15) is 0 Å². The number of rotatable bonds is 6. The van der Waals surface area contributed by atoms with Crippen molar-refractivity contribution in [3.8, 4) is 10.6 Å². The van der Waals surface area contributed by atoms with Gasteiger partial charge in [0.25, 0.3) is 11.8 Å². The highest BCUT2D eigenvalue weighted by Crippen LogP contribution is 2.22. The van der Waals surface area contributed by atoms with Crippen molar-refractivity contribution in [2.75, 3.05) is 13.1 Å². The molecule has 0 unspecified atom stereocenters. The summed E-state index contributed by atoms with van der Waals surface area (Å²) in [5.74, 6) is -0.578. The van der Waals surface area contributed by atoms with Crippen molar-refractivity contribution < 1.29 is 9.59 Å². The van der Waals surface area contributed by atoms with Crippen LogP contribution in [0.25, 0.3) is 10.6 Å². The van der Waals surface area contributed by atoms with Crippen LogP contribution in [0.15, 0.2) is 47.8 Å². The molecule has 1 aromatic carbocycles. The normalized spacial score (nSPS) is 10.4. The van der Waals surface area contributed by atoms with Gasteiger partial charge >= 0.3 is 0 Å². The van der Waals surface area contributed by atoms with E-state index in [1.807, 2.05) is 17.5 Å². The van der Waals surface area contributed by atoms with Crippen molar-refractivity contribution >= 4 is 34.8 Å². The minimum absolute atomic E-state index is 0.278. The van der Waals surface area contributed by atoms with E-state index in [1.54, 1.807) is 41.7 Å². The molecule has 0 aliphatic heterocycles. The first kappa shape index (κ1) is 17.2. The van der Waals surface area contributed by atoms with E-state index in [1.165, 1.54) is 0 Å². The third kappa shape index (κ3) is 4.26. The molecule has 0 spiro atoms. The van der Waals surface area contributed by atoms with Crippen molar-refractivity contribution in [1.82, 2.24) is 20.8 Å². The maximum Gasteiger partial charge on any atom is 0.271 e. The summed E-state index contributed by atoms with van der Waals surface area (Å²) >= 11 is 7.53. The Hall–Kier alpha value is -2.64. The van der Waals surface area contributed by atoms with Gasteiger partial charge in [0.2, 0.25) is 0 Å². The molecule has 128 valence electrons. The summed E-state index contributed by atoms with van der Waals surface area (Å²) < 4.78 is 0. The number of hydrogen-bond donors (Lipinski definition) is 3. The minimum atomic E-state index is -0.300. The Balaban J connectivity index is 1.47. The van der Waals surface area contributed by atoms with Crippen LogP contribution in [0.5, 0.6) is 0 Å². The highest BCUT2D eigenvalue weighted by atomic mass is 35.5. The fourth-order valence-corrected chi connectivity index (χ4v) is 3.09. The van der Waals surface area contributed by atoms with E-state index < -0.39 is 0 Å². The molecule has 0 atom stereocenters. The number of carbonyl (C=O) groups is 2. The van der Waals surface area contributed by atoms with Crippen LogP contribution < -0.4 is 10.6 Å². The number of hydrogen-bond acceptors (Lipinski definition) is 4. The molecule has 2 amide bonds. The number of nitrogens with zero attached hydrogens (tertiary/aromatic N) is 1. The molecule has 8 heteroatoms. The van der Waals surface area contributed by atoms with E-state index in [4.69, 9.17) is 11.6 Å². The van der Waals surface area contributed by atoms with E-state index in [-0.39, 0.29) is 24.9 Å². The quantitative estimate of drug-likeness (QED) is 0.580. The van der Waals surface area contributed by atoms with E-state index >= 15 is 0 Å². The Morgan fingerprint density at radius 2 is 1.84 bits per heavy atom. The molecule has 0 radical (unpaired) electrons. The van der Waals surface area contributed by atoms with Crippen LogP contribution in [-0.4, -0.2) is 35.1 Å². The van der Waals surface area contributed by atoms with Crippen molar-refractivity contribution in [2.45, 2.75) is 0 Å². The number of halogens is 1. The molecule has 0 bridgehead atoms. The number of H-pyrrole nitrogens is 1. The number of aromatic nitrogens is 2. The fourth-order valence-electron chi connectivity index (χ4n) is 2.18. The molecule has 0 fully saturated rings. The lowest BCUT2D eigenvalue weighted by molar-refractivity contribution is 0.0925. The van der Waals surface area contributed by atoms with Crippen LogP contribution in [0.3, 0.4) is 0 Å². The van der Waals surface area contributed by atoms with E-state index in [0.717, 1.165) is 10.6 Å². The topological polar surface area (TPSA) is 86.9 Å². The van der Waals surface area contributed by atoms with Gasteiger partial charge in [-0.25, -0.2) is 0 Å². The lowest BCUT2D eigenvalue weighted by atomic mass is 10.2. The smallest absolute Gasteiger partial charge is 0.271 e. The molecule has 0 aliphatic rings. The number of benzene rings is 1. The van der Waals surface area contributed by atoms with Crippen molar-refractivity contribution in [1.29, 1.82) is 0 Å². The maximum atomic E-state index is 12.1. The summed E-state index contributed by atoms with van der Waals surface area (Å²) in [5, 5.41) is 14.6. The van der Waals surface area contributed by atoms with Gasteiger partial charge in [-0.15, -0.1) is 11.3 Å². The molecule has 0 aliphatic carbocycles. The molecule has 3 rings (SSSR count). The molecule has 0 saturated heterocycles. The lowest BCUT2D eigenvalue weighted by Crippen LogP contribution is -2.34. The van der Waals surface area contributed by atoms with Crippen LogP contribution in [0.4, 0.5) is 0 Å². The van der Waals surface area contributed by atoms with Crippen LogP contribution >= 0.6 is 22.9 Å². The Bertz CT molecular complexity index is 876. The fraction of sp³-hybridized carbons (Fsp3) is 0.118. The summed E-state index contributed by atoms with van der Waals surface area (Å²) in [6, 6.07) is 12.4. The second-order valence-electron chi connectivity index (χ2n) is 5.14. The molecular weight excluding hydrogens is 360 g/mol. The summed E-state index contributed by atoms with van der Waals surface area (Å²) in [4.78, 5) is 25.1. The summed E-state index contributed by atoms with van der Waals surface area (Å²) in [5.41, 5.74) is 1.51. The summed E-state index contributed by atoms with van der Waals surface area (Å²) in [6.07, 6.45) is 0. The van der Waals surface area contributed by atoms with Crippen molar-refractivity contribution in [3.05, 3.63) is 64.1 Å². The van der Waals surface area contributed by atoms with Crippen molar-refractivity contribution in [2.24, 2.45) is 0 Å². The monoisotopic (exact) mass is 374 g/mol. The first-order valence-electron chi connectivity index (χ1n) is 7.55. The van der Waals surface area contributed by atoms with Gasteiger partial charge < -0.3 is 10.6 Å². The number of aromatic amines is 1. The molecule has 3 N–H and O–H groups in total. The first-order valence-corrected chi connectivity index (χ1v) is 8.81. The number of nitrogens with one attached hydrogen (secondary N) is 3. The van der Waals surface area contributed by atoms with E-state index in [9.17, 15) is 9.59 Å². The van der Waals surface area contributed by atoms with E-state index in [0.29, 0.717) is 16.3 Å². The standard InChI is InChI=1S/C17H15ClN4O2S/c18-12-5-2-1-4-11(12)16(23)19-7-8-20-17(24)14-10-13(21-22-14)15-6-3-9-25-15/h1-6,9-10H,7-8H2,(H,19,23)(H,20,24)(H,21,22). The molecular formula is C17H15ClN4O2S. The SMILES string of the molecule is O=C(NCCNC(=O)c1ccccc1Cl)c1cc(-c2cccs2)[nH]n1. The van der Waals surface area contributed by atoms with Crippen LogP contribution in [0, 0.1) is 0 Å². The highest BCUT2D eigenvalue weighted by molar-refractivity contribution is 7.13. The largest absolute Gasteiger partial charge is 0.350 e. The Morgan fingerprint density at radius 3 is 2.56 bits per heavy atom. The maximum absolute atomic E-state index is 12.1. The minimum Gasteiger partial charge on any atom is -0.350 e. The van der Waals surface area contributed by atoms with Gasteiger partial charge in [-0.1, -0.05) is 29.8 Å². The number of carbonyl (C=O) groups excluding carboxylic acids is 2. The zero-order valence-electron chi connectivity index (χ0n) is 13.1. The predicted molar refractivity (Wildman–Crippen MR) is 98.0 cm³/mol. The second kappa shape index (κ2) is 7.96. The van der Waals surface area contributed by atoms with Gasteiger partial charge in [-0.05, 0) is 29.6 Å². The summed E-state index contributed by atoms with van der Waals surface area (Å²) in [7, 11) is 0. The zero-order chi connectivity index (χ0) is 17.6. The third-order valence-electron chi connectivity index (χ3n) is 3.41. The predicted octanol–water partition coefficient (Wildman–Crippen LogP) is 2.95. The zero-order valence-corrected chi connectivity index (χ0v) is 14.7. The average Bonchev–Trinajstić information content (AvgIpc) is 3.29. The van der Waals surface area contributed by atoms with Crippen molar-refractivity contribution in [3.63, 3.8) is 0 Å². The van der Waals surface area contributed by atoms with Gasteiger partial charge in [-0.2, -0.15) is 5.10 Å². The van der Waals surface area contributed by atoms with E-state index in [2.05, 4.69) is 20.8 Å². The van der Waals surface area contributed by atoms with Gasteiger partial charge in [0.15, 0.2) is 5.69 Å². The first-order chi connectivity index (χ1) is 12.1. The Morgan fingerprint density at radius 1 is 1.08 bits per heavy atom. The van der Waals surface area contributed by atoms with Gasteiger partial charge in [0.05, 0.1) is 21.2 Å². The van der Waals surface area contributed by atoms with Crippen LogP contribution in [0.1, 0.15) is 20.8 Å². The van der Waals surface area contributed by atoms with Crippen LogP contribution in [0.2, 0.25) is 5.02 Å².